The number of Topliss-reactive ketones (excluding diaryl/α,β-unsaturated/α-hetero) is 1. The van der Waals surface area contributed by atoms with Crippen LogP contribution in [0.25, 0.3) is 11.1 Å². The third-order valence-corrected chi connectivity index (χ3v) is 7.61. The lowest BCUT2D eigenvalue weighted by Crippen LogP contribution is -2.15. The highest BCUT2D eigenvalue weighted by Gasteiger charge is 2.22. The SMILES string of the molecule is C#Cc1ccc(Cc2ccc(C(C(=O)CCc3ccccc3)c3ccc(-c4ccc(CC)cc4)cc3)cc2)cc1. The maximum absolute atomic E-state index is 13.8. The average Bonchev–Trinajstić information content (AvgIpc) is 3.02. The number of carbonyl (C=O) groups is 1. The van der Waals surface area contributed by atoms with E-state index in [1.807, 2.05) is 30.3 Å². The maximum atomic E-state index is 13.8. The van der Waals surface area contributed by atoms with Crippen LogP contribution in [-0.2, 0) is 24.1 Å². The van der Waals surface area contributed by atoms with Crippen molar-refractivity contribution in [1.82, 2.24) is 0 Å². The van der Waals surface area contributed by atoms with Crippen LogP contribution in [0.3, 0.4) is 0 Å². The summed E-state index contributed by atoms with van der Waals surface area (Å²) < 4.78 is 0. The minimum absolute atomic E-state index is 0.238. The summed E-state index contributed by atoms with van der Waals surface area (Å²) in [5, 5.41) is 0. The molecular weight excluding hydrogens is 484 g/mol. The van der Waals surface area contributed by atoms with E-state index < -0.39 is 0 Å². The topological polar surface area (TPSA) is 17.1 Å². The first kappa shape index (κ1) is 26.9. The fourth-order valence-electron chi connectivity index (χ4n) is 5.20. The molecule has 0 fully saturated rings. The predicted molar refractivity (Wildman–Crippen MR) is 166 cm³/mol. The van der Waals surface area contributed by atoms with Crippen molar-refractivity contribution in [3.8, 4) is 23.5 Å². The zero-order valence-corrected chi connectivity index (χ0v) is 23.0. The van der Waals surface area contributed by atoms with Crippen LogP contribution in [0.5, 0.6) is 0 Å². The Morgan fingerprint density at radius 3 is 1.68 bits per heavy atom. The van der Waals surface area contributed by atoms with Gasteiger partial charge in [0.1, 0.15) is 5.78 Å². The van der Waals surface area contributed by atoms with Gasteiger partial charge in [0.15, 0.2) is 0 Å². The summed E-state index contributed by atoms with van der Waals surface area (Å²) in [6, 6.07) is 44.1. The Morgan fingerprint density at radius 2 is 1.12 bits per heavy atom. The van der Waals surface area contributed by atoms with Crippen LogP contribution in [0.2, 0.25) is 0 Å². The highest BCUT2D eigenvalue weighted by Crippen LogP contribution is 2.30. The summed E-state index contributed by atoms with van der Waals surface area (Å²) >= 11 is 0. The van der Waals surface area contributed by atoms with Gasteiger partial charge >= 0.3 is 0 Å². The second kappa shape index (κ2) is 12.9. The molecule has 5 rings (SSSR count). The summed E-state index contributed by atoms with van der Waals surface area (Å²) in [5.74, 6) is 2.61. The number of rotatable bonds is 10. The quantitative estimate of drug-likeness (QED) is 0.169. The summed E-state index contributed by atoms with van der Waals surface area (Å²) in [6.45, 7) is 2.17. The van der Waals surface area contributed by atoms with Gasteiger partial charge < -0.3 is 0 Å². The molecular formula is C39H34O. The summed E-state index contributed by atoms with van der Waals surface area (Å²) in [5.41, 5.74) is 10.2. The fraction of sp³-hybridized carbons (Fsp3) is 0.154. The molecule has 5 aromatic carbocycles. The highest BCUT2D eigenvalue weighted by atomic mass is 16.1. The zero-order chi connectivity index (χ0) is 27.7. The summed E-state index contributed by atoms with van der Waals surface area (Å²) in [7, 11) is 0. The van der Waals surface area contributed by atoms with Crippen molar-refractivity contribution in [3.05, 3.63) is 166 Å². The Morgan fingerprint density at radius 1 is 0.625 bits per heavy atom. The van der Waals surface area contributed by atoms with E-state index in [4.69, 9.17) is 6.42 Å². The van der Waals surface area contributed by atoms with Gasteiger partial charge in [0.2, 0.25) is 0 Å². The lowest BCUT2D eigenvalue weighted by molar-refractivity contribution is -0.119. The van der Waals surface area contributed by atoms with Crippen LogP contribution in [-0.4, -0.2) is 5.78 Å². The summed E-state index contributed by atoms with van der Waals surface area (Å²) in [4.78, 5) is 13.8. The minimum atomic E-state index is -0.302. The molecule has 0 saturated heterocycles. The molecule has 1 atom stereocenters. The van der Waals surface area contributed by atoms with Gasteiger partial charge in [-0.15, -0.1) is 6.42 Å². The average molecular weight is 519 g/mol. The van der Waals surface area contributed by atoms with Gasteiger partial charge in [-0.25, -0.2) is 0 Å². The molecule has 0 bridgehead atoms. The monoisotopic (exact) mass is 518 g/mol. The first-order valence-electron chi connectivity index (χ1n) is 14.0. The number of carbonyl (C=O) groups excluding carboxylic acids is 1. The maximum Gasteiger partial charge on any atom is 0.145 e. The lowest BCUT2D eigenvalue weighted by Gasteiger charge is -2.18. The molecule has 0 aliphatic rings. The number of terminal acetylenes is 1. The molecule has 0 radical (unpaired) electrons. The molecule has 0 saturated carbocycles. The van der Waals surface area contributed by atoms with Crippen molar-refractivity contribution in [3.63, 3.8) is 0 Å². The van der Waals surface area contributed by atoms with Crippen molar-refractivity contribution in [2.45, 2.75) is 38.5 Å². The van der Waals surface area contributed by atoms with E-state index in [-0.39, 0.29) is 11.7 Å². The van der Waals surface area contributed by atoms with Gasteiger partial charge in [-0.2, -0.15) is 0 Å². The fourth-order valence-corrected chi connectivity index (χ4v) is 5.20. The van der Waals surface area contributed by atoms with Crippen molar-refractivity contribution < 1.29 is 4.79 Å². The minimum Gasteiger partial charge on any atom is -0.299 e. The van der Waals surface area contributed by atoms with E-state index in [0.29, 0.717) is 6.42 Å². The molecule has 40 heavy (non-hydrogen) atoms. The number of aryl methyl sites for hydroxylation is 2. The van der Waals surface area contributed by atoms with Gasteiger partial charge in [-0.05, 0) is 75.9 Å². The Balaban J connectivity index is 1.39. The van der Waals surface area contributed by atoms with Crippen molar-refractivity contribution in [2.75, 3.05) is 0 Å². The molecule has 196 valence electrons. The summed E-state index contributed by atoms with van der Waals surface area (Å²) in [6.07, 6.45) is 8.59. The van der Waals surface area contributed by atoms with Gasteiger partial charge in [0, 0.05) is 12.0 Å². The standard InChI is InChI=1S/C39H34O/c1-3-29-10-12-32(13-11-29)28-33-16-21-36(22-17-33)39(38(40)27-18-31-8-6-5-7-9-31)37-25-23-35(24-26-37)34-19-14-30(4-2)15-20-34/h1,5-17,19-26,39H,4,18,27-28H2,2H3. The molecule has 0 amide bonds. The molecule has 0 aliphatic carbocycles. The molecule has 0 aromatic heterocycles. The number of hydrogen-bond acceptors (Lipinski definition) is 1. The van der Waals surface area contributed by atoms with E-state index >= 15 is 0 Å². The Hall–Kier alpha value is -4.67. The number of benzene rings is 5. The second-order valence-corrected chi connectivity index (χ2v) is 10.3. The van der Waals surface area contributed by atoms with E-state index in [2.05, 4.69) is 110 Å². The third-order valence-electron chi connectivity index (χ3n) is 7.61. The normalized spacial score (nSPS) is 11.5. The predicted octanol–water partition coefficient (Wildman–Crippen LogP) is 8.82. The smallest absolute Gasteiger partial charge is 0.145 e. The first-order valence-corrected chi connectivity index (χ1v) is 14.0. The highest BCUT2D eigenvalue weighted by molar-refractivity contribution is 5.89. The Labute approximate surface area is 238 Å². The molecule has 0 spiro atoms. The molecule has 0 heterocycles. The van der Waals surface area contributed by atoms with E-state index in [1.165, 1.54) is 27.8 Å². The zero-order valence-electron chi connectivity index (χ0n) is 23.0. The molecule has 0 aliphatic heterocycles. The van der Waals surface area contributed by atoms with E-state index in [1.54, 1.807) is 0 Å². The molecule has 1 heteroatoms. The Kier molecular flexibility index (Phi) is 8.69. The third kappa shape index (κ3) is 6.66. The van der Waals surface area contributed by atoms with Gasteiger partial charge in [0.25, 0.3) is 0 Å². The van der Waals surface area contributed by atoms with Gasteiger partial charge in [0.05, 0.1) is 5.92 Å². The molecule has 1 unspecified atom stereocenters. The largest absolute Gasteiger partial charge is 0.299 e. The van der Waals surface area contributed by atoms with Crippen molar-refractivity contribution in [2.24, 2.45) is 0 Å². The number of hydrogen-bond donors (Lipinski definition) is 0. The number of ketones is 1. The van der Waals surface area contributed by atoms with E-state index in [9.17, 15) is 4.79 Å². The molecule has 0 N–H and O–H groups in total. The lowest BCUT2D eigenvalue weighted by atomic mass is 9.84. The molecule has 1 nitrogen and oxygen atoms in total. The van der Waals surface area contributed by atoms with Crippen molar-refractivity contribution >= 4 is 5.78 Å². The van der Waals surface area contributed by atoms with Crippen molar-refractivity contribution in [1.29, 1.82) is 0 Å². The Bertz CT molecular complexity index is 1570. The first-order chi connectivity index (χ1) is 19.6. The van der Waals surface area contributed by atoms with Crippen LogP contribution in [0.1, 0.15) is 58.2 Å². The van der Waals surface area contributed by atoms with Crippen LogP contribution in [0.15, 0.2) is 127 Å². The molecule has 5 aromatic rings. The second-order valence-electron chi connectivity index (χ2n) is 10.3. The van der Waals surface area contributed by atoms with E-state index in [0.717, 1.165) is 41.5 Å². The van der Waals surface area contributed by atoms with Gasteiger partial charge in [-0.3, -0.25) is 4.79 Å². The van der Waals surface area contributed by atoms with Crippen LogP contribution < -0.4 is 0 Å². The van der Waals surface area contributed by atoms with Crippen LogP contribution in [0.4, 0.5) is 0 Å². The van der Waals surface area contributed by atoms with Crippen LogP contribution >= 0.6 is 0 Å². The van der Waals surface area contributed by atoms with Gasteiger partial charge in [-0.1, -0.05) is 128 Å². The van der Waals surface area contributed by atoms with Crippen LogP contribution in [0, 0.1) is 12.3 Å².